The molecule has 2 aromatic rings. The summed E-state index contributed by atoms with van der Waals surface area (Å²) in [7, 11) is -0.573. The summed E-state index contributed by atoms with van der Waals surface area (Å²) in [6.45, 7) is 4.70. The Morgan fingerprint density at radius 1 is 1.24 bits per heavy atom. The molecular formula is C20H27BN2O4S2. The lowest BCUT2D eigenvalue weighted by Gasteiger charge is -2.24. The lowest BCUT2D eigenvalue weighted by Crippen LogP contribution is -2.38. The molecular weight excluding hydrogens is 407 g/mol. The van der Waals surface area contributed by atoms with Crippen LogP contribution >= 0.6 is 11.3 Å². The van der Waals surface area contributed by atoms with Crippen LogP contribution < -0.4 is 4.74 Å². The molecule has 0 N–H and O–H groups in total. The number of thiophene rings is 1. The van der Waals surface area contributed by atoms with Crippen molar-refractivity contribution in [3.05, 3.63) is 46.7 Å². The lowest BCUT2D eigenvalue weighted by molar-refractivity contribution is 0.244. The predicted molar refractivity (Wildman–Crippen MR) is 118 cm³/mol. The van der Waals surface area contributed by atoms with E-state index in [-0.39, 0.29) is 28.7 Å². The number of hydrogen-bond donors (Lipinski definition) is 0. The van der Waals surface area contributed by atoms with Gasteiger partial charge in [0, 0.05) is 24.4 Å². The highest BCUT2D eigenvalue weighted by Gasteiger charge is 2.50. The van der Waals surface area contributed by atoms with Crippen LogP contribution in [0.3, 0.4) is 0 Å². The first kappa shape index (κ1) is 21.9. The van der Waals surface area contributed by atoms with Crippen molar-refractivity contribution in [3.63, 3.8) is 0 Å². The first-order chi connectivity index (χ1) is 13.7. The fraction of sp³-hybridized carbons (Fsp3) is 0.450. The maximum absolute atomic E-state index is 13.3. The standard InChI is InChI=1S/C20H27BN2O4S2/c1-14(2)12-22(29(25,26)17-8-6-15(27-3)7-9-17)13-19-18(23(19)20(21)24)11-16-5-4-10-28-16/h4-10,14,18-19H,11-13,21H2,1-3H3/t18-,19-,23?/m1/s1. The van der Waals surface area contributed by atoms with Crippen molar-refractivity contribution in [3.8, 4) is 5.75 Å². The fourth-order valence-corrected chi connectivity index (χ4v) is 6.04. The van der Waals surface area contributed by atoms with Crippen molar-refractivity contribution in [2.75, 3.05) is 20.2 Å². The Kier molecular flexibility index (Phi) is 6.70. The molecule has 2 heterocycles. The van der Waals surface area contributed by atoms with E-state index in [1.165, 1.54) is 9.18 Å². The molecule has 3 rings (SSSR count). The molecule has 0 bridgehead atoms. The third kappa shape index (κ3) is 5.02. The van der Waals surface area contributed by atoms with E-state index >= 15 is 0 Å². The van der Waals surface area contributed by atoms with Gasteiger partial charge < -0.3 is 9.64 Å². The maximum Gasteiger partial charge on any atom is 0.243 e. The average molecular weight is 434 g/mol. The Morgan fingerprint density at radius 2 is 1.93 bits per heavy atom. The molecule has 2 atom stereocenters. The van der Waals surface area contributed by atoms with Crippen molar-refractivity contribution in [2.24, 2.45) is 5.92 Å². The maximum atomic E-state index is 13.3. The van der Waals surface area contributed by atoms with E-state index in [1.807, 2.05) is 25.3 Å². The quantitative estimate of drug-likeness (QED) is 0.449. The van der Waals surface area contributed by atoms with Crippen LogP contribution in [0, 0.1) is 5.92 Å². The van der Waals surface area contributed by atoms with Crippen molar-refractivity contribution >= 4 is 35.0 Å². The fourth-order valence-electron chi connectivity index (χ4n) is 3.66. The van der Waals surface area contributed by atoms with Crippen LogP contribution in [0.5, 0.6) is 5.75 Å². The summed E-state index contributed by atoms with van der Waals surface area (Å²) >= 11 is 1.66. The third-order valence-electron chi connectivity index (χ3n) is 5.08. The van der Waals surface area contributed by atoms with Crippen LogP contribution in [0.4, 0.5) is 4.79 Å². The van der Waals surface area contributed by atoms with Crippen LogP contribution in [0.2, 0.25) is 0 Å². The Labute approximate surface area is 177 Å². The molecule has 156 valence electrons. The van der Waals surface area contributed by atoms with Crippen LogP contribution in [-0.2, 0) is 16.4 Å². The number of hydrogen-bond acceptors (Lipinski definition) is 5. The first-order valence-electron chi connectivity index (χ1n) is 9.69. The van der Waals surface area contributed by atoms with Gasteiger partial charge >= 0.3 is 0 Å². The predicted octanol–water partition coefficient (Wildman–Crippen LogP) is 2.45. The van der Waals surface area contributed by atoms with Crippen molar-refractivity contribution < 1.29 is 17.9 Å². The average Bonchev–Trinajstić information content (AvgIpc) is 3.08. The number of amides is 1. The summed E-state index contributed by atoms with van der Waals surface area (Å²) in [6, 6.07) is 10.4. The van der Waals surface area contributed by atoms with Crippen LogP contribution in [0.15, 0.2) is 46.7 Å². The van der Waals surface area contributed by atoms with Gasteiger partial charge in [0.1, 0.15) is 5.75 Å². The van der Waals surface area contributed by atoms with E-state index in [0.717, 1.165) is 6.42 Å². The van der Waals surface area contributed by atoms with Gasteiger partial charge in [0.25, 0.3) is 0 Å². The summed E-state index contributed by atoms with van der Waals surface area (Å²) in [5, 5.41) is 2.02. The Bertz CT molecular complexity index is 930. The van der Waals surface area contributed by atoms with Gasteiger partial charge in [0.05, 0.1) is 24.1 Å². The summed E-state index contributed by atoms with van der Waals surface area (Å²) in [5.41, 5.74) is 0. The molecule has 1 aliphatic rings. The number of benzene rings is 1. The molecule has 1 aromatic carbocycles. The molecule has 0 unspecified atom stereocenters. The highest BCUT2D eigenvalue weighted by atomic mass is 32.2. The lowest BCUT2D eigenvalue weighted by atomic mass is 10.1. The Balaban J connectivity index is 1.81. The van der Waals surface area contributed by atoms with E-state index in [2.05, 4.69) is 6.07 Å². The van der Waals surface area contributed by atoms with E-state index in [4.69, 9.17) is 4.74 Å². The first-order valence-corrected chi connectivity index (χ1v) is 12.0. The number of methoxy groups -OCH3 is 1. The summed E-state index contributed by atoms with van der Waals surface area (Å²) < 4.78 is 33.3. The topological polar surface area (TPSA) is 66.7 Å². The van der Waals surface area contributed by atoms with Crippen LogP contribution in [0.25, 0.3) is 0 Å². The molecule has 29 heavy (non-hydrogen) atoms. The molecule has 1 aliphatic heterocycles. The van der Waals surface area contributed by atoms with Crippen molar-refractivity contribution in [1.82, 2.24) is 9.21 Å². The molecule has 0 aliphatic carbocycles. The molecule has 1 amide bonds. The van der Waals surface area contributed by atoms with Crippen molar-refractivity contribution in [2.45, 2.75) is 37.2 Å². The minimum absolute atomic E-state index is 0.0112. The van der Waals surface area contributed by atoms with Gasteiger partial charge in [-0.05, 0) is 41.6 Å². The summed E-state index contributed by atoms with van der Waals surface area (Å²) in [4.78, 5) is 15.3. The van der Waals surface area contributed by atoms with Gasteiger partial charge in [0.15, 0.2) is 5.81 Å². The number of carbonyl (C=O) groups is 1. The number of sulfonamides is 1. The Morgan fingerprint density at radius 3 is 2.45 bits per heavy atom. The van der Waals surface area contributed by atoms with Crippen molar-refractivity contribution in [1.29, 1.82) is 0 Å². The highest BCUT2D eigenvalue weighted by molar-refractivity contribution is 7.89. The minimum Gasteiger partial charge on any atom is -0.497 e. The number of ether oxygens (including phenoxy) is 1. The number of carbonyl (C=O) groups excluding carboxylic acids is 1. The SMILES string of the molecule is BC(=O)N1[C@H](Cc2cccs2)[C@H]1CN(CC(C)C)S(=O)(=O)c1ccc(OC)cc1. The van der Waals surface area contributed by atoms with Gasteiger partial charge in [-0.1, -0.05) is 19.9 Å². The smallest absolute Gasteiger partial charge is 0.243 e. The second-order valence-corrected chi connectivity index (χ2v) is 10.7. The molecule has 1 aromatic heterocycles. The van der Waals surface area contributed by atoms with E-state index in [1.54, 1.807) is 55.5 Å². The number of nitrogens with zero attached hydrogens (tertiary/aromatic N) is 2. The van der Waals surface area contributed by atoms with E-state index < -0.39 is 10.0 Å². The second kappa shape index (κ2) is 8.89. The van der Waals surface area contributed by atoms with Gasteiger partial charge in [-0.2, -0.15) is 4.31 Å². The van der Waals surface area contributed by atoms with Crippen LogP contribution in [-0.4, -0.2) is 63.6 Å². The minimum atomic E-state index is -3.67. The second-order valence-electron chi connectivity index (χ2n) is 7.74. The van der Waals surface area contributed by atoms with Gasteiger partial charge in [0.2, 0.25) is 17.9 Å². The molecule has 9 heteroatoms. The van der Waals surface area contributed by atoms with Gasteiger partial charge in [-0.15, -0.1) is 11.3 Å². The molecule has 0 spiro atoms. The summed E-state index contributed by atoms with van der Waals surface area (Å²) in [5.74, 6) is 0.770. The molecule has 0 radical (unpaired) electrons. The largest absolute Gasteiger partial charge is 0.497 e. The Hall–Kier alpha value is -1.84. The van der Waals surface area contributed by atoms with Gasteiger partial charge in [-0.3, -0.25) is 4.79 Å². The molecule has 0 saturated carbocycles. The monoisotopic (exact) mass is 434 g/mol. The summed E-state index contributed by atoms with van der Waals surface area (Å²) in [6.07, 6.45) is 0.764. The van der Waals surface area contributed by atoms with E-state index in [0.29, 0.717) is 18.8 Å². The molecule has 1 saturated heterocycles. The normalized spacial score (nSPS) is 19.0. The zero-order chi connectivity index (χ0) is 21.2. The molecule has 6 nitrogen and oxygen atoms in total. The highest BCUT2D eigenvalue weighted by Crippen LogP contribution is 2.34. The van der Waals surface area contributed by atoms with Gasteiger partial charge in [-0.25, -0.2) is 8.42 Å². The third-order valence-corrected chi connectivity index (χ3v) is 7.82. The van der Waals surface area contributed by atoms with E-state index in [9.17, 15) is 13.2 Å². The van der Waals surface area contributed by atoms with Crippen LogP contribution in [0.1, 0.15) is 18.7 Å². The zero-order valence-corrected chi connectivity index (χ0v) is 18.9. The zero-order valence-electron chi connectivity index (χ0n) is 17.2. The number of rotatable bonds is 9. The molecule has 1 fully saturated rings.